The molecule has 0 aliphatic carbocycles. The van der Waals surface area contributed by atoms with E-state index in [1.165, 1.54) is 193 Å². The molecule has 0 radical (unpaired) electrons. The van der Waals surface area contributed by atoms with Crippen molar-refractivity contribution < 1.29 is 28.6 Å². The summed E-state index contributed by atoms with van der Waals surface area (Å²) in [5, 5.41) is 0. The Labute approximate surface area is 373 Å². The Morgan fingerprint density at radius 2 is 0.550 bits per heavy atom. The molecule has 0 amide bonds. The Morgan fingerprint density at radius 3 is 0.850 bits per heavy atom. The molecular weight excluding hydrogens is 745 g/mol. The van der Waals surface area contributed by atoms with Crippen LogP contribution in [-0.2, 0) is 28.6 Å². The molecule has 0 saturated heterocycles. The summed E-state index contributed by atoms with van der Waals surface area (Å²) in [6, 6.07) is 0. The van der Waals surface area contributed by atoms with Crippen molar-refractivity contribution in [3.63, 3.8) is 0 Å². The van der Waals surface area contributed by atoms with Gasteiger partial charge in [-0.15, -0.1) is 0 Å². The van der Waals surface area contributed by atoms with Crippen molar-refractivity contribution in [1.82, 2.24) is 0 Å². The molecule has 0 unspecified atom stereocenters. The van der Waals surface area contributed by atoms with E-state index < -0.39 is 6.10 Å². The molecule has 0 aromatic heterocycles. The predicted octanol–water partition coefficient (Wildman–Crippen LogP) is 17.4. The number of allylic oxidation sites excluding steroid dienone is 2. The third-order valence-electron chi connectivity index (χ3n) is 12.0. The van der Waals surface area contributed by atoms with Gasteiger partial charge in [0.2, 0.25) is 0 Å². The maximum absolute atomic E-state index is 12.8. The van der Waals surface area contributed by atoms with Gasteiger partial charge in [-0.25, -0.2) is 0 Å². The van der Waals surface area contributed by atoms with Crippen molar-refractivity contribution in [2.45, 2.75) is 303 Å². The normalized spacial score (nSPS) is 12.0. The molecule has 60 heavy (non-hydrogen) atoms. The number of unbranched alkanes of at least 4 members (excludes halogenated alkanes) is 36. The first kappa shape index (κ1) is 58.1. The largest absolute Gasteiger partial charge is 0.462 e. The SMILES string of the molecule is CCCCCC/C=C\CCCCCCCC(=O)O[C@H](COC(=O)CCCCCCCCCCCCCC)COC(=O)CCCCCCCCCCCCCCCCCCC. The average Bonchev–Trinajstić information content (AvgIpc) is 3.24. The molecule has 0 rings (SSSR count). The molecule has 0 aliphatic heterocycles. The quantitative estimate of drug-likeness (QED) is 0.0263. The highest BCUT2D eigenvalue weighted by Crippen LogP contribution is 2.16. The number of esters is 3. The lowest BCUT2D eigenvalue weighted by Crippen LogP contribution is -2.30. The van der Waals surface area contributed by atoms with Gasteiger partial charge in [0, 0.05) is 19.3 Å². The smallest absolute Gasteiger partial charge is 0.306 e. The molecular formula is C54H102O6. The summed E-state index contributed by atoms with van der Waals surface area (Å²) in [7, 11) is 0. The van der Waals surface area contributed by atoms with Crippen LogP contribution in [0.5, 0.6) is 0 Å². The molecule has 0 N–H and O–H groups in total. The van der Waals surface area contributed by atoms with Crippen molar-refractivity contribution in [2.24, 2.45) is 0 Å². The molecule has 1 atom stereocenters. The van der Waals surface area contributed by atoms with E-state index in [-0.39, 0.29) is 31.1 Å². The fourth-order valence-corrected chi connectivity index (χ4v) is 7.97. The third-order valence-corrected chi connectivity index (χ3v) is 12.0. The van der Waals surface area contributed by atoms with Crippen molar-refractivity contribution in [3.8, 4) is 0 Å². The Kier molecular flexibility index (Phi) is 48.3. The predicted molar refractivity (Wildman–Crippen MR) is 256 cm³/mol. The van der Waals surface area contributed by atoms with Crippen LogP contribution in [0.4, 0.5) is 0 Å². The molecule has 0 saturated carbocycles. The van der Waals surface area contributed by atoms with E-state index in [1.807, 2.05) is 0 Å². The Morgan fingerprint density at radius 1 is 0.317 bits per heavy atom. The lowest BCUT2D eigenvalue weighted by Gasteiger charge is -2.18. The second kappa shape index (κ2) is 49.8. The summed E-state index contributed by atoms with van der Waals surface area (Å²) < 4.78 is 16.8. The highest BCUT2D eigenvalue weighted by molar-refractivity contribution is 5.71. The van der Waals surface area contributed by atoms with Gasteiger partial charge < -0.3 is 14.2 Å². The van der Waals surface area contributed by atoms with Crippen molar-refractivity contribution in [2.75, 3.05) is 13.2 Å². The summed E-state index contributed by atoms with van der Waals surface area (Å²) in [4.78, 5) is 38.0. The van der Waals surface area contributed by atoms with E-state index in [2.05, 4.69) is 32.9 Å². The van der Waals surface area contributed by atoms with Crippen LogP contribution in [0.25, 0.3) is 0 Å². The number of carbonyl (C=O) groups is 3. The van der Waals surface area contributed by atoms with Gasteiger partial charge in [0.15, 0.2) is 6.10 Å². The molecule has 0 heterocycles. The fourth-order valence-electron chi connectivity index (χ4n) is 7.97. The molecule has 0 fully saturated rings. The minimum Gasteiger partial charge on any atom is -0.462 e. The Bertz CT molecular complexity index is 931. The van der Waals surface area contributed by atoms with Gasteiger partial charge >= 0.3 is 17.9 Å². The zero-order chi connectivity index (χ0) is 43.7. The summed E-state index contributed by atoms with van der Waals surface area (Å²) in [6.45, 7) is 6.65. The molecule has 0 aromatic carbocycles. The van der Waals surface area contributed by atoms with Gasteiger partial charge in [0.1, 0.15) is 13.2 Å². The average molecular weight is 847 g/mol. The minimum atomic E-state index is -0.767. The van der Waals surface area contributed by atoms with Crippen LogP contribution in [0, 0.1) is 0 Å². The third kappa shape index (κ3) is 47.2. The standard InChI is InChI=1S/C54H102O6/c1-4-7-10-13-16-19-22-25-26-27-28-30-32-35-38-41-44-47-53(56)59-50-51(49-58-52(55)46-43-40-37-34-31-24-21-18-15-12-9-6-3)60-54(57)48-45-42-39-36-33-29-23-20-17-14-11-8-5-2/h20,23,51H,4-19,21-22,24-50H2,1-3H3/b23-20-/t51-/m1/s1. The van der Waals surface area contributed by atoms with E-state index in [0.29, 0.717) is 19.3 Å². The second-order valence-electron chi connectivity index (χ2n) is 18.2. The summed E-state index contributed by atoms with van der Waals surface area (Å²) in [5.41, 5.74) is 0. The summed E-state index contributed by atoms with van der Waals surface area (Å²) in [6.07, 6.45) is 54.8. The van der Waals surface area contributed by atoms with Gasteiger partial charge in [0.25, 0.3) is 0 Å². The van der Waals surface area contributed by atoms with Crippen molar-refractivity contribution >= 4 is 17.9 Å². The molecule has 6 heteroatoms. The van der Waals surface area contributed by atoms with Gasteiger partial charge in [-0.2, -0.15) is 0 Å². The zero-order valence-electron chi connectivity index (χ0n) is 40.5. The molecule has 0 bridgehead atoms. The first-order chi connectivity index (χ1) is 29.5. The van der Waals surface area contributed by atoms with Crippen LogP contribution < -0.4 is 0 Å². The van der Waals surface area contributed by atoms with E-state index in [1.54, 1.807) is 0 Å². The maximum Gasteiger partial charge on any atom is 0.306 e. The summed E-state index contributed by atoms with van der Waals surface area (Å²) >= 11 is 0. The first-order valence-electron chi connectivity index (χ1n) is 26.7. The van der Waals surface area contributed by atoms with Crippen molar-refractivity contribution in [1.29, 1.82) is 0 Å². The highest BCUT2D eigenvalue weighted by Gasteiger charge is 2.19. The molecule has 0 aliphatic rings. The van der Waals surface area contributed by atoms with E-state index in [9.17, 15) is 14.4 Å². The molecule has 6 nitrogen and oxygen atoms in total. The second-order valence-corrected chi connectivity index (χ2v) is 18.2. The minimum absolute atomic E-state index is 0.0679. The topological polar surface area (TPSA) is 78.9 Å². The number of ether oxygens (including phenoxy) is 3. The van der Waals surface area contributed by atoms with Crippen molar-refractivity contribution in [3.05, 3.63) is 12.2 Å². The Balaban J connectivity index is 4.30. The lowest BCUT2D eigenvalue weighted by atomic mass is 10.0. The molecule has 0 aromatic rings. The van der Waals surface area contributed by atoms with Gasteiger partial charge in [0.05, 0.1) is 0 Å². The fraction of sp³-hybridized carbons (Fsp3) is 0.907. The van der Waals surface area contributed by atoms with E-state index in [0.717, 1.165) is 64.2 Å². The van der Waals surface area contributed by atoms with E-state index >= 15 is 0 Å². The van der Waals surface area contributed by atoms with Crippen LogP contribution >= 0.6 is 0 Å². The van der Waals surface area contributed by atoms with Gasteiger partial charge in [-0.05, 0) is 44.9 Å². The molecule has 354 valence electrons. The lowest BCUT2D eigenvalue weighted by molar-refractivity contribution is -0.167. The van der Waals surface area contributed by atoms with Crippen LogP contribution in [0.15, 0.2) is 12.2 Å². The zero-order valence-corrected chi connectivity index (χ0v) is 40.5. The monoisotopic (exact) mass is 847 g/mol. The van der Waals surface area contributed by atoms with Crippen LogP contribution in [0.2, 0.25) is 0 Å². The maximum atomic E-state index is 12.8. The van der Waals surface area contributed by atoms with Crippen LogP contribution in [0.1, 0.15) is 297 Å². The van der Waals surface area contributed by atoms with Gasteiger partial charge in [-0.3, -0.25) is 14.4 Å². The van der Waals surface area contributed by atoms with Crippen LogP contribution in [-0.4, -0.2) is 37.2 Å². The number of carbonyl (C=O) groups excluding carboxylic acids is 3. The first-order valence-corrected chi connectivity index (χ1v) is 26.7. The Hall–Kier alpha value is -1.85. The number of rotatable bonds is 49. The van der Waals surface area contributed by atoms with E-state index in [4.69, 9.17) is 14.2 Å². The highest BCUT2D eigenvalue weighted by atomic mass is 16.6. The van der Waals surface area contributed by atoms with Crippen LogP contribution in [0.3, 0.4) is 0 Å². The number of hydrogen-bond acceptors (Lipinski definition) is 6. The number of hydrogen-bond donors (Lipinski definition) is 0. The molecule has 0 spiro atoms. The summed E-state index contributed by atoms with van der Waals surface area (Å²) in [5.74, 6) is -0.859. The van der Waals surface area contributed by atoms with Gasteiger partial charge in [-0.1, -0.05) is 245 Å².